The summed E-state index contributed by atoms with van der Waals surface area (Å²) in [5, 5.41) is 8.50. The van der Waals surface area contributed by atoms with Gasteiger partial charge in [-0.15, -0.1) is 10.2 Å². The van der Waals surface area contributed by atoms with Crippen molar-refractivity contribution in [2.45, 2.75) is 24.7 Å². The second kappa shape index (κ2) is 7.67. The molecule has 0 aliphatic carbocycles. The number of hydrogen-bond donors (Lipinski definition) is 0. The number of aromatic nitrogens is 2. The molecule has 2 fully saturated rings. The van der Waals surface area contributed by atoms with Crippen LogP contribution >= 0.6 is 0 Å². The van der Waals surface area contributed by atoms with Crippen LogP contribution in [-0.4, -0.2) is 47.2 Å². The van der Waals surface area contributed by atoms with Gasteiger partial charge in [0.05, 0.1) is 13.2 Å². The molecule has 3 heterocycles. The van der Waals surface area contributed by atoms with Gasteiger partial charge in [-0.1, -0.05) is 36.4 Å². The van der Waals surface area contributed by atoms with E-state index in [0.29, 0.717) is 43.6 Å². The summed E-state index contributed by atoms with van der Waals surface area (Å²) in [5.74, 6) is 0.0296. The molecule has 29 heavy (non-hydrogen) atoms. The summed E-state index contributed by atoms with van der Waals surface area (Å²) < 4.78 is 32.4. The summed E-state index contributed by atoms with van der Waals surface area (Å²) >= 11 is 0. The van der Waals surface area contributed by atoms with Crippen molar-refractivity contribution in [2.24, 2.45) is 0 Å². The molecule has 0 saturated carbocycles. The third kappa shape index (κ3) is 3.57. The van der Waals surface area contributed by atoms with Crippen molar-refractivity contribution < 1.29 is 18.3 Å². The quantitative estimate of drug-likeness (QED) is 0.670. The van der Waals surface area contributed by atoms with E-state index < -0.39 is 11.8 Å². The molecule has 0 amide bonds. The maximum Gasteiger partial charge on any atom is 0.247 e. The first-order valence-electron chi connectivity index (χ1n) is 9.89. The van der Waals surface area contributed by atoms with E-state index >= 15 is 0 Å². The normalized spacial score (nSPS) is 20.2. The van der Waals surface area contributed by atoms with E-state index in [4.69, 9.17) is 13.9 Å². The summed E-state index contributed by atoms with van der Waals surface area (Å²) in [6.07, 6.45) is 1.44. The summed E-state index contributed by atoms with van der Waals surface area (Å²) in [6.45, 7) is 2.62. The Morgan fingerprint density at radius 3 is 2.31 bits per heavy atom. The number of rotatable bonds is 4. The molecule has 2 aliphatic rings. The van der Waals surface area contributed by atoms with Gasteiger partial charge in [0, 0.05) is 37.1 Å². The summed E-state index contributed by atoms with van der Waals surface area (Å²) in [7, 11) is 0. The Hall–Kier alpha value is -2.61. The van der Waals surface area contributed by atoms with Crippen molar-refractivity contribution in [1.29, 1.82) is 0 Å². The van der Waals surface area contributed by atoms with E-state index in [2.05, 4.69) is 15.1 Å². The van der Waals surface area contributed by atoms with Gasteiger partial charge in [-0.3, -0.25) is 4.90 Å². The van der Waals surface area contributed by atoms with Crippen LogP contribution in [0.3, 0.4) is 0 Å². The molecule has 0 unspecified atom stereocenters. The van der Waals surface area contributed by atoms with Crippen molar-refractivity contribution >= 4 is 0 Å². The van der Waals surface area contributed by atoms with Gasteiger partial charge in [-0.05, 0) is 18.2 Å². The van der Waals surface area contributed by atoms with E-state index in [1.165, 1.54) is 6.07 Å². The van der Waals surface area contributed by atoms with Gasteiger partial charge in [0.25, 0.3) is 0 Å². The average Bonchev–Trinajstić information content (AvgIpc) is 3.42. The lowest BCUT2D eigenvalue weighted by molar-refractivity contribution is -0.187. The predicted molar refractivity (Wildman–Crippen MR) is 103 cm³/mol. The Bertz CT molecular complexity index is 962. The van der Waals surface area contributed by atoms with E-state index in [1.807, 2.05) is 36.4 Å². The molecule has 3 aromatic rings. The van der Waals surface area contributed by atoms with Crippen LogP contribution in [0.5, 0.6) is 0 Å². The fourth-order valence-corrected chi connectivity index (χ4v) is 4.13. The fourth-order valence-electron chi connectivity index (χ4n) is 4.13. The third-order valence-corrected chi connectivity index (χ3v) is 5.63. The maximum absolute atomic E-state index is 14.7. The zero-order chi connectivity index (χ0) is 19.7. The number of piperidine rings is 1. The highest BCUT2D eigenvalue weighted by Gasteiger charge is 2.42. The lowest BCUT2D eigenvalue weighted by atomic mass is 9.98. The maximum atomic E-state index is 14.7. The Kier molecular flexibility index (Phi) is 4.87. The summed E-state index contributed by atoms with van der Waals surface area (Å²) in [4.78, 5) is 2.16. The molecule has 150 valence electrons. The lowest BCUT2D eigenvalue weighted by Gasteiger charge is -2.40. The summed E-state index contributed by atoms with van der Waals surface area (Å²) in [6, 6.07) is 15.9. The molecule has 2 saturated heterocycles. The Morgan fingerprint density at radius 1 is 0.897 bits per heavy atom. The van der Waals surface area contributed by atoms with E-state index in [-0.39, 0.29) is 5.82 Å². The minimum absolute atomic E-state index is 0.286. The van der Waals surface area contributed by atoms with Gasteiger partial charge < -0.3 is 13.9 Å². The number of hydrogen-bond acceptors (Lipinski definition) is 6. The van der Waals surface area contributed by atoms with Gasteiger partial charge in [0.15, 0.2) is 5.79 Å². The molecule has 6 nitrogen and oxygen atoms in total. The molecular formula is C22H22FN3O3. The topological polar surface area (TPSA) is 60.6 Å². The molecule has 2 aliphatic heterocycles. The van der Waals surface area contributed by atoms with Crippen molar-refractivity contribution in [1.82, 2.24) is 15.1 Å². The second-order valence-corrected chi connectivity index (χ2v) is 7.38. The van der Waals surface area contributed by atoms with Crippen LogP contribution < -0.4 is 0 Å². The van der Waals surface area contributed by atoms with Gasteiger partial charge in [0.1, 0.15) is 11.9 Å². The minimum Gasteiger partial charge on any atom is -0.419 e. The first-order valence-corrected chi connectivity index (χ1v) is 9.89. The van der Waals surface area contributed by atoms with Crippen LogP contribution in [0.15, 0.2) is 59.0 Å². The number of halogens is 1. The smallest absolute Gasteiger partial charge is 0.247 e. The van der Waals surface area contributed by atoms with Crippen LogP contribution in [0.25, 0.3) is 11.5 Å². The molecule has 1 atom stereocenters. The van der Waals surface area contributed by atoms with Gasteiger partial charge in [0.2, 0.25) is 11.8 Å². The third-order valence-electron chi connectivity index (χ3n) is 5.63. The molecule has 2 aromatic carbocycles. The molecule has 0 radical (unpaired) electrons. The standard InChI is InChI=1S/C22H22FN3O3/c23-18-9-5-4-8-17(18)19(26-12-10-22(11-13-26)27-14-15-28-22)21-25-24-20(29-21)16-6-2-1-3-7-16/h1-9,19H,10-15H2/t19-/m1/s1. The van der Waals surface area contributed by atoms with Crippen LogP contribution in [0, 0.1) is 5.82 Å². The lowest BCUT2D eigenvalue weighted by Crippen LogP contribution is -2.46. The zero-order valence-electron chi connectivity index (χ0n) is 16.0. The van der Waals surface area contributed by atoms with Crippen molar-refractivity contribution in [3.05, 3.63) is 71.9 Å². The molecule has 0 bridgehead atoms. The van der Waals surface area contributed by atoms with E-state index in [0.717, 1.165) is 18.4 Å². The molecule has 5 rings (SSSR count). The van der Waals surface area contributed by atoms with Crippen LogP contribution in [0.1, 0.15) is 30.3 Å². The largest absolute Gasteiger partial charge is 0.419 e. The number of likely N-dealkylation sites (tertiary alicyclic amines) is 1. The monoisotopic (exact) mass is 395 g/mol. The highest BCUT2D eigenvalue weighted by atomic mass is 19.1. The van der Waals surface area contributed by atoms with Gasteiger partial charge in [-0.25, -0.2) is 4.39 Å². The first kappa shape index (κ1) is 18.4. The predicted octanol–water partition coefficient (Wildman–Crippen LogP) is 3.80. The van der Waals surface area contributed by atoms with Crippen LogP contribution in [0.2, 0.25) is 0 Å². The van der Waals surface area contributed by atoms with E-state index in [1.54, 1.807) is 12.1 Å². The highest BCUT2D eigenvalue weighted by molar-refractivity contribution is 5.51. The van der Waals surface area contributed by atoms with Crippen LogP contribution in [0.4, 0.5) is 4.39 Å². The number of ether oxygens (including phenoxy) is 2. The minimum atomic E-state index is -0.500. The van der Waals surface area contributed by atoms with Gasteiger partial charge in [-0.2, -0.15) is 0 Å². The Labute approximate surface area is 168 Å². The van der Waals surface area contributed by atoms with Gasteiger partial charge >= 0.3 is 0 Å². The molecule has 1 spiro atoms. The number of benzene rings is 2. The SMILES string of the molecule is Fc1ccccc1[C@H](c1nnc(-c2ccccc2)o1)N1CCC2(CC1)OCCO2. The van der Waals surface area contributed by atoms with Crippen molar-refractivity contribution in [3.8, 4) is 11.5 Å². The Balaban J connectivity index is 1.47. The first-order chi connectivity index (χ1) is 14.2. The molecule has 0 N–H and O–H groups in total. The van der Waals surface area contributed by atoms with Crippen molar-refractivity contribution in [3.63, 3.8) is 0 Å². The Morgan fingerprint density at radius 2 is 1.59 bits per heavy atom. The average molecular weight is 395 g/mol. The summed E-state index contributed by atoms with van der Waals surface area (Å²) in [5.41, 5.74) is 1.36. The fraction of sp³-hybridized carbons (Fsp3) is 0.364. The molecule has 7 heteroatoms. The molecule has 1 aromatic heterocycles. The second-order valence-electron chi connectivity index (χ2n) is 7.38. The highest BCUT2D eigenvalue weighted by Crippen LogP contribution is 2.38. The van der Waals surface area contributed by atoms with Crippen molar-refractivity contribution in [2.75, 3.05) is 26.3 Å². The zero-order valence-corrected chi connectivity index (χ0v) is 16.0. The molecular weight excluding hydrogens is 373 g/mol. The number of nitrogens with zero attached hydrogens (tertiary/aromatic N) is 3. The van der Waals surface area contributed by atoms with Crippen LogP contribution in [-0.2, 0) is 9.47 Å². The van der Waals surface area contributed by atoms with E-state index in [9.17, 15) is 4.39 Å².